The van der Waals surface area contributed by atoms with E-state index in [2.05, 4.69) is 4.98 Å². The van der Waals surface area contributed by atoms with Crippen molar-refractivity contribution in [1.82, 2.24) is 9.88 Å². The van der Waals surface area contributed by atoms with Crippen LogP contribution in [0.2, 0.25) is 0 Å². The SMILES string of the molecule is NS(=O)(=O)c1ccc(CN2Cc3ncccc3C2=O)cc1. The number of primary sulfonamides is 1. The van der Waals surface area contributed by atoms with Crippen LogP contribution in [-0.4, -0.2) is 24.2 Å². The maximum Gasteiger partial charge on any atom is 0.256 e. The summed E-state index contributed by atoms with van der Waals surface area (Å²) in [5.74, 6) is -0.0615. The molecule has 3 rings (SSSR count). The van der Waals surface area contributed by atoms with Crippen LogP contribution >= 0.6 is 0 Å². The number of rotatable bonds is 3. The molecule has 1 amide bonds. The fourth-order valence-electron chi connectivity index (χ4n) is 2.31. The number of amides is 1. The molecule has 2 N–H and O–H groups in total. The second-order valence-corrected chi connectivity index (χ2v) is 6.41. The first kappa shape index (κ1) is 13.7. The molecule has 1 aliphatic heterocycles. The lowest BCUT2D eigenvalue weighted by Crippen LogP contribution is -2.23. The summed E-state index contributed by atoms with van der Waals surface area (Å²) in [6.07, 6.45) is 1.66. The highest BCUT2D eigenvalue weighted by molar-refractivity contribution is 7.89. The summed E-state index contributed by atoms with van der Waals surface area (Å²) in [4.78, 5) is 18.1. The van der Waals surface area contributed by atoms with Crippen molar-refractivity contribution in [3.63, 3.8) is 0 Å². The maximum atomic E-state index is 12.2. The monoisotopic (exact) mass is 303 g/mol. The van der Waals surface area contributed by atoms with Gasteiger partial charge in [-0.1, -0.05) is 12.1 Å². The van der Waals surface area contributed by atoms with Gasteiger partial charge in [-0.25, -0.2) is 13.6 Å². The van der Waals surface area contributed by atoms with Crippen LogP contribution < -0.4 is 5.14 Å². The molecule has 21 heavy (non-hydrogen) atoms. The smallest absolute Gasteiger partial charge is 0.256 e. The van der Waals surface area contributed by atoms with Crippen molar-refractivity contribution in [3.05, 3.63) is 59.4 Å². The van der Waals surface area contributed by atoms with Crippen LogP contribution in [0.1, 0.15) is 21.6 Å². The number of hydrogen-bond donors (Lipinski definition) is 1. The molecular weight excluding hydrogens is 290 g/mol. The number of benzene rings is 1. The largest absolute Gasteiger partial charge is 0.328 e. The van der Waals surface area contributed by atoms with Gasteiger partial charge >= 0.3 is 0 Å². The molecule has 0 spiro atoms. The summed E-state index contributed by atoms with van der Waals surface area (Å²) >= 11 is 0. The van der Waals surface area contributed by atoms with E-state index in [1.54, 1.807) is 35.4 Å². The zero-order valence-corrected chi connectivity index (χ0v) is 11.9. The van der Waals surface area contributed by atoms with Crippen molar-refractivity contribution in [3.8, 4) is 0 Å². The van der Waals surface area contributed by atoms with E-state index in [0.29, 0.717) is 18.7 Å². The Labute approximate surface area is 122 Å². The molecule has 0 saturated heterocycles. The molecule has 7 heteroatoms. The van der Waals surface area contributed by atoms with E-state index < -0.39 is 10.0 Å². The minimum atomic E-state index is -3.69. The Morgan fingerprint density at radius 2 is 1.90 bits per heavy atom. The topological polar surface area (TPSA) is 93.4 Å². The van der Waals surface area contributed by atoms with Gasteiger partial charge in [0.1, 0.15) is 0 Å². The first-order valence-corrected chi connectivity index (χ1v) is 7.85. The zero-order valence-electron chi connectivity index (χ0n) is 11.1. The predicted molar refractivity (Wildman–Crippen MR) is 75.6 cm³/mol. The first-order chi connectivity index (χ1) is 9.95. The number of carbonyl (C=O) groups is 1. The molecule has 2 aromatic rings. The summed E-state index contributed by atoms with van der Waals surface area (Å²) < 4.78 is 22.4. The third-order valence-electron chi connectivity index (χ3n) is 3.37. The van der Waals surface area contributed by atoms with Gasteiger partial charge in [0.15, 0.2) is 0 Å². The van der Waals surface area contributed by atoms with Crippen molar-refractivity contribution in [2.24, 2.45) is 5.14 Å². The maximum absolute atomic E-state index is 12.2. The molecule has 0 bridgehead atoms. The number of sulfonamides is 1. The Morgan fingerprint density at radius 3 is 2.52 bits per heavy atom. The van der Waals surface area contributed by atoms with Crippen molar-refractivity contribution in [2.45, 2.75) is 18.0 Å². The zero-order chi connectivity index (χ0) is 15.0. The van der Waals surface area contributed by atoms with Crippen molar-refractivity contribution >= 4 is 15.9 Å². The lowest BCUT2D eigenvalue weighted by molar-refractivity contribution is 0.0766. The lowest BCUT2D eigenvalue weighted by Gasteiger charge is -2.15. The summed E-state index contributed by atoms with van der Waals surface area (Å²) in [6, 6.07) is 9.69. The van der Waals surface area contributed by atoms with Crippen molar-refractivity contribution in [2.75, 3.05) is 0 Å². The fraction of sp³-hybridized carbons (Fsp3) is 0.143. The van der Waals surface area contributed by atoms with Gasteiger partial charge < -0.3 is 4.90 Å². The quantitative estimate of drug-likeness (QED) is 0.911. The second kappa shape index (κ2) is 4.94. The van der Waals surface area contributed by atoms with Crippen molar-refractivity contribution in [1.29, 1.82) is 0 Å². The van der Waals surface area contributed by atoms with Gasteiger partial charge in [-0.15, -0.1) is 0 Å². The van der Waals surface area contributed by atoms with E-state index in [1.807, 2.05) is 0 Å². The number of hydrogen-bond acceptors (Lipinski definition) is 4. The van der Waals surface area contributed by atoms with E-state index in [9.17, 15) is 13.2 Å². The van der Waals surface area contributed by atoms with E-state index in [0.717, 1.165) is 11.3 Å². The number of nitrogens with two attached hydrogens (primary N) is 1. The Morgan fingerprint density at radius 1 is 1.19 bits per heavy atom. The van der Waals surface area contributed by atoms with Gasteiger partial charge in [-0.05, 0) is 29.8 Å². The highest BCUT2D eigenvalue weighted by Gasteiger charge is 2.27. The van der Waals surface area contributed by atoms with Crippen LogP contribution in [-0.2, 0) is 23.1 Å². The highest BCUT2D eigenvalue weighted by Crippen LogP contribution is 2.22. The molecule has 2 heterocycles. The predicted octanol–water partition coefficient (Wildman–Crippen LogP) is 0.885. The summed E-state index contributed by atoms with van der Waals surface area (Å²) in [5.41, 5.74) is 2.23. The molecule has 0 saturated carbocycles. The number of aromatic nitrogens is 1. The highest BCUT2D eigenvalue weighted by atomic mass is 32.2. The molecule has 0 fully saturated rings. The van der Waals surface area contributed by atoms with Gasteiger partial charge in [0.05, 0.1) is 22.7 Å². The van der Waals surface area contributed by atoms with Crippen LogP contribution in [0.4, 0.5) is 0 Å². The van der Waals surface area contributed by atoms with Gasteiger partial charge in [0.25, 0.3) is 5.91 Å². The van der Waals surface area contributed by atoms with Gasteiger partial charge in [-0.2, -0.15) is 0 Å². The Kier molecular flexibility index (Phi) is 3.23. The van der Waals surface area contributed by atoms with E-state index in [-0.39, 0.29) is 10.8 Å². The minimum Gasteiger partial charge on any atom is -0.328 e. The van der Waals surface area contributed by atoms with E-state index in [1.165, 1.54) is 12.1 Å². The third kappa shape index (κ3) is 2.65. The number of pyridine rings is 1. The summed E-state index contributed by atoms with van der Waals surface area (Å²) in [7, 11) is -3.69. The van der Waals surface area contributed by atoms with E-state index >= 15 is 0 Å². The average molecular weight is 303 g/mol. The molecule has 0 radical (unpaired) electrons. The standard InChI is InChI=1S/C14H13N3O3S/c15-21(19,20)11-5-3-10(4-6-11)8-17-9-13-12(14(17)18)2-1-7-16-13/h1-7H,8-9H2,(H2,15,19,20). The molecule has 1 aliphatic rings. The van der Waals surface area contributed by atoms with Crippen molar-refractivity contribution < 1.29 is 13.2 Å². The van der Waals surface area contributed by atoms with Crippen LogP contribution in [0.25, 0.3) is 0 Å². The first-order valence-electron chi connectivity index (χ1n) is 6.30. The molecule has 6 nitrogen and oxygen atoms in total. The number of nitrogens with zero attached hydrogens (tertiary/aromatic N) is 2. The second-order valence-electron chi connectivity index (χ2n) is 4.85. The Hall–Kier alpha value is -2.25. The van der Waals surface area contributed by atoms with Gasteiger partial charge in [-0.3, -0.25) is 9.78 Å². The molecule has 0 aliphatic carbocycles. The fourth-order valence-corrected chi connectivity index (χ4v) is 2.83. The Balaban J connectivity index is 1.79. The minimum absolute atomic E-state index is 0.0592. The van der Waals surface area contributed by atoms with Gasteiger partial charge in [0.2, 0.25) is 10.0 Å². The molecular formula is C14H13N3O3S. The average Bonchev–Trinajstić information content (AvgIpc) is 2.76. The lowest BCUT2D eigenvalue weighted by atomic mass is 10.2. The Bertz CT molecular complexity index is 800. The summed E-state index contributed by atoms with van der Waals surface area (Å²) in [6.45, 7) is 0.867. The third-order valence-corrected chi connectivity index (χ3v) is 4.30. The molecule has 108 valence electrons. The van der Waals surface area contributed by atoms with Crippen LogP contribution in [0.5, 0.6) is 0 Å². The van der Waals surface area contributed by atoms with Crippen LogP contribution in [0.3, 0.4) is 0 Å². The molecule has 1 aromatic heterocycles. The number of carbonyl (C=O) groups excluding carboxylic acids is 1. The normalized spacial score (nSPS) is 14.3. The van der Waals surface area contributed by atoms with Gasteiger partial charge in [0, 0.05) is 12.7 Å². The van der Waals surface area contributed by atoms with Crippen LogP contribution in [0.15, 0.2) is 47.5 Å². The molecule has 1 aromatic carbocycles. The number of fused-ring (bicyclic) bond motifs is 1. The summed E-state index contributed by atoms with van der Waals surface area (Å²) in [5, 5.41) is 5.05. The van der Waals surface area contributed by atoms with E-state index in [4.69, 9.17) is 5.14 Å². The molecule has 0 atom stereocenters. The van der Waals surface area contributed by atoms with Crippen LogP contribution in [0, 0.1) is 0 Å². The molecule has 0 unspecified atom stereocenters.